The second kappa shape index (κ2) is 6.46. The number of aryl methyl sites for hydroxylation is 1. The highest BCUT2D eigenvalue weighted by atomic mass is 19.4. The predicted molar refractivity (Wildman–Crippen MR) is 75.6 cm³/mol. The van der Waals surface area contributed by atoms with Crippen LogP contribution in [0.15, 0.2) is 18.2 Å². The van der Waals surface area contributed by atoms with Gasteiger partial charge in [0.15, 0.2) is 0 Å². The van der Waals surface area contributed by atoms with Gasteiger partial charge in [0.05, 0.1) is 0 Å². The summed E-state index contributed by atoms with van der Waals surface area (Å²) in [6.45, 7) is 7.08. The monoisotopic (exact) mass is 319 g/mol. The highest BCUT2D eigenvalue weighted by molar-refractivity contribution is 5.67. The van der Waals surface area contributed by atoms with E-state index in [1.54, 1.807) is 27.7 Å². The third-order valence-electron chi connectivity index (χ3n) is 2.67. The summed E-state index contributed by atoms with van der Waals surface area (Å²) in [7, 11) is 1.52. The molecule has 1 aromatic carbocycles. The van der Waals surface area contributed by atoms with Crippen LogP contribution in [-0.2, 0) is 11.3 Å². The largest absolute Gasteiger partial charge is 0.573 e. The van der Waals surface area contributed by atoms with E-state index in [2.05, 4.69) is 4.74 Å². The van der Waals surface area contributed by atoms with Gasteiger partial charge in [-0.1, -0.05) is 6.07 Å². The Hall–Kier alpha value is -1.92. The molecule has 22 heavy (non-hydrogen) atoms. The van der Waals surface area contributed by atoms with E-state index in [0.717, 1.165) is 5.56 Å². The Labute approximate surface area is 127 Å². The summed E-state index contributed by atoms with van der Waals surface area (Å²) in [5, 5.41) is 0. The summed E-state index contributed by atoms with van der Waals surface area (Å²) in [4.78, 5) is 13.2. The van der Waals surface area contributed by atoms with E-state index in [1.807, 2.05) is 0 Å². The smallest absolute Gasteiger partial charge is 0.444 e. The Morgan fingerprint density at radius 3 is 2.32 bits per heavy atom. The molecule has 4 nitrogen and oxygen atoms in total. The maximum Gasteiger partial charge on any atom is 0.573 e. The number of rotatable bonds is 3. The molecule has 0 N–H and O–H groups in total. The summed E-state index contributed by atoms with van der Waals surface area (Å²) < 4.78 is 45.8. The fourth-order valence-electron chi connectivity index (χ4n) is 1.68. The van der Waals surface area contributed by atoms with E-state index in [0.29, 0.717) is 5.56 Å². The van der Waals surface area contributed by atoms with Crippen LogP contribution in [0, 0.1) is 6.92 Å². The first-order chi connectivity index (χ1) is 9.87. The van der Waals surface area contributed by atoms with Gasteiger partial charge in [-0.05, 0) is 51.0 Å². The first-order valence-electron chi connectivity index (χ1n) is 6.67. The summed E-state index contributed by atoms with van der Waals surface area (Å²) in [5.74, 6) is -0.314. The molecule has 1 aromatic rings. The molecule has 0 saturated heterocycles. The molecular formula is C15H20F3NO3. The lowest BCUT2D eigenvalue weighted by molar-refractivity contribution is -0.274. The molecule has 0 bridgehead atoms. The highest BCUT2D eigenvalue weighted by Gasteiger charge is 2.31. The number of nitrogens with zero attached hydrogens (tertiary/aromatic N) is 1. The number of benzene rings is 1. The highest BCUT2D eigenvalue weighted by Crippen LogP contribution is 2.25. The number of hydrogen-bond acceptors (Lipinski definition) is 3. The van der Waals surface area contributed by atoms with E-state index >= 15 is 0 Å². The van der Waals surface area contributed by atoms with Crippen molar-refractivity contribution < 1.29 is 27.4 Å². The van der Waals surface area contributed by atoms with Crippen LogP contribution in [0.3, 0.4) is 0 Å². The summed E-state index contributed by atoms with van der Waals surface area (Å²) in [6.07, 6.45) is -5.29. The summed E-state index contributed by atoms with van der Waals surface area (Å²) in [5.41, 5.74) is 0.668. The maximum atomic E-state index is 12.2. The zero-order chi connectivity index (χ0) is 17.1. The molecule has 0 radical (unpaired) electrons. The molecule has 0 atom stereocenters. The fourth-order valence-corrected chi connectivity index (χ4v) is 1.68. The van der Waals surface area contributed by atoms with Crippen molar-refractivity contribution in [1.29, 1.82) is 0 Å². The Balaban J connectivity index is 2.84. The lowest BCUT2D eigenvalue weighted by atomic mass is 10.1. The number of carbonyl (C=O) groups excluding carboxylic acids is 1. The minimum Gasteiger partial charge on any atom is -0.444 e. The van der Waals surface area contributed by atoms with E-state index in [-0.39, 0.29) is 12.3 Å². The third kappa shape index (κ3) is 6.24. The average Bonchev–Trinajstić information content (AvgIpc) is 2.29. The summed E-state index contributed by atoms with van der Waals surface area (Å²) >= 11 is 0. The Morgan fingerprint density at radius 1 is 1.23 bits per heavy atom. The SMILES string of the molecule is Cc1ccc(OC(F)(F)F)cc1CN(C)C(=O)OC(C)(C)C. The second-order valence-electron chi connectivity index (χ2n) is 5.97. The first kappa shape index (κ1) is 18.1. The van der Waals surface area contributed by atoms with Crippen molar-refractivity contribution in [2.75, 3.05) is 7.05 Å². The first-order valence-corrected chi connectivity index (χ1v) is 6.67. The topological polar surface area (TPSA) is 38.8 Å². The standard InChI is InChI=1S/C15H20F3NO3/c1-10-6-7-12(21-15(16,17)18)8-11(10)9-19(5)13(20)22-14(2,3)4/h6-8H,9H2,1-5H3. The Bertz CT molecular complexity index is 536. The molecule has 0 aliphatic heterocycles. The lowest BCUT2D eigenvalue weighted by Gasteiger charge is -2.25. The van der Waals surface area contributed by atoms with Gasteiger partial charge in [-0.2, -0.15) is 0 Å². The molecule has 1 amide bonds. The maximum absolute atomic E-state index is 12.2. The van der Waals surface area contributed by atoms with Gasteiger partial charge in [0, 0.05) is 13.6 Å². The molecule has 0 aromatic heterocycles. The number of alkyl halides is 3. The van der Waals surface area contributed by atoms with Crippen molar-refractivity contribution >= 4 is 6.09 Å². The van der Waals surface area contributed by atoms with Crippen molar-refractivity contribution in [3.63, 3.8) is 0 Å². The molecule has 0 aliphatic rings. The van der Waals surface area contributed by atoms with E-state index in [9.17, 15) is 18.0 Å². The average molecular weight is 319 g/mol. The molecule has 0 aliphatic carbocycles. The molecular weight excluding hydrogens is 299 g/mol. The fraction of sp³-hybridized carbons (Fsp3) is 0.533. The Kier molecular flexibility index (Phi) is 5.32. The van der Waals surface area contributed by atoms with Gasteiger partial charge in [0.1, 0.15) is 11.4 Å². The van der Waals surface area contributed by atoms with Crippen LogP contribution in [0.5, 0.6) is 5.75 Å². The minimum absolute atomic E-state index is 0.121. The van der Waals surface area contributed by atoms with Crippen LogP contribution < -0.4 is 4.74 Å². The van der Waals surface area contributed by atoms with Crippen LogP contribution in [0.2, 0.25) is 0 Å². The van der Waals surface area contributed by atoms with Gasteiger partial charge < -0.3 is 14.4 Å². The Morgan fingerprint density at radius 2 is 1.82 bits per heavy atom. The predicted octanol–water partition coefficient (Wildman–Crippen LogP) is 4.26. The van der Waals surface area contributed by atoms with Crippen molar-refractivity contribution in [2.24, 2.45) is 0 Å². The van der Waals surface area contributed by atoms with Crippen molar-refractivity contribution in [3.05, 3.63) is 29.3 Å². The van der Waals surface area contributed by atoms with Crippen molar-refractivity contribution in [2.45, 2.75) is 46.2 Å². The molecule has 7 heteroatoms. The number of hydrogen-bond donors (Lipinski definition) is 0. The van der Waals surface area contributed by atoms with Crippen LogP contribution >= 0.6 is 0 Å². The van der Waals surface area contributed by atoms with Crippen LogP contribution in [0.25, 0.3) is 0 Å². The van der Waals surface area contributed by atoms with Crippen LogP contribution in [-0.4, -0.2) is 30.0 Å². The molecule has 0 fully saturated rings. The van der Waals surface area contributed by atoms with Gasteiger partial charge in [-0.3, -0.25) is 0 Å². The van der Waals surface area contributed by atoms with E-state index < -0.39 is 18.1 Å². The van der Waals surface area contributed by atoms with Crippen LogP contribution in [0.1, 0.15) is 31.9 Å². The van der Waals surface area contributed by atoms with E-state index in [4.69, 9.17) is 4.74 Å². The summed E-state index contributed by atoms with van der Waals surface area (Å²) in [6, 6.07) is 4.02. The zero-order valence-corrected chi connectivity index (χ0v) is 13.2. The van der Waals surface area contributed by atoms with Gasteiger partial charge in [0.2, 0.25) is 0 Å². The van der Waals surface area contributed by atoms with E-state index in [1.165, 1.54) is 30.1 Å². The molecule has 124 valence electrons. The number of amides is 1. The van der Waals surface area contributed by atoms with Gasteiger partial charge in [0.25, 0.3) is 0 Å². The number of ether oxygens (including phenoxy) is 2. The molecule has 0 saturated carbocycles. The molecule has 0 unspecified atom stereocenters. The van der Waals surface area contributed by atoms with Crippen LogP contribution in [0.4, 0.5) is 18.0 Å². The minimum atomic E-state index is -4.75. The molecule has 1 rings (SSSR count). The number of carbonyl (C=O) groups is 1. The van der Waals surface area contributed by atoms with Crippen molar-refractivity contribution in [3.8, 4) is 5.75 Å². The molecule has 0 spiro atoms. The zero-order valence-electron chi connectivity index (χ0n) is 13.2. The normalized spacial score (nSPS) is 12.0. The van der Waals surface area contributed by atoms with Crippen molar-refractivity contribution in [1.82, 2.24) is 4.90 Å². The van der Waals surface area contributed by atoms with Gasteiger partial charge >= 0.3 is 12.5 Å². The quantitative estimate of drug-likeness (QED) is 0.835. The lowest BCUT2D eigenvalue weighted by Crippen LogP contribution is -2.34. The molecule has 0 heterocycles. The van der Waals surface area contributed by atoms with Gasteiger partial charge in [-0.25, -0.2) is 4.79 Å². The number of halogens is 3. The third-order valence-corrected chi connectivity index (χ3v) is 2.67. The second-order valence-corrected chi connectivity index (χ2v) is 5.97. The van der Waals surface area contributed by atoms with Gasteiger partial charge in [-0.15, -0.1) is 13.2 Å².